The van der Waals surface area contributed by atoms with Gasteiger partial charge in [-0.15, -0.1) is 0 Å². The summed E-state index contributed by atoms with van der Waals surface area (Å²) < 4.78 is 15.3. The lowest BCUT2D eigenvalue weighted by Gasteiger charge is -2.36. The van der Waals surface area contributed by atoms with Crippen LogP contribution in [0.3, 0.4) is 0 Å². The van der Waals surface area contributed by atoms with E-state index < -0.39 is 11.7 Å². The lowest BCUT2D eigenvalue weighted by atomic mass is 9.77. The van der Waals surface area contributed by atoms with E-state index in [0.717, 1.165) is 30.2 Å². The monoisotopic (exact) mass is 285 g/mol. The molecule has 16 heavy (non-hydrogen) atoms. The molecule has 88 valence electrons. The van der Waals surface area contributed by atoms with E-state index in [1.165, 1.54) is 6.42 Å². The van der Waals surface area contributed by atoms with Gasteiger partial charge in [-0.3, -0.25) is 0 Å². The van der Waals surface area contributed by atoms with E-state index in [9.17, 15) is 4.39 Å². The van der Waals surface area contributed by atoms with E-state index in [0.29, 0.717) is 5.56 Å². The molecular weight excluding hydrogens is 269 g/mol. The van der Waals surface area contributed by atoms with Crippen molar-refractivity contribution in [2.45, 2.75) is 43.8 Å². The molecule has 0 spiro atoms. The molecule has 1 saturated carbocycles. The van der Waals surface area contributed by atoms with Gasteiger partial charge in [0.1, 0.15) is 6.17 Å². The summed E-state index contributed by atoms with van der Waals surface area (Å²) in [5.74, 6) is 0. The summed E-state index contributed by atoms with van der Waals surface area (Å²) in [4.78, 5) is 0. The average Bonchev–Trinajstić information content (AvgIpc) is 2.29. The molecule has 0 heterocycles. The zero-order chi connectivity index (χ0) is 11.6. The van der Waals surface area contributed by atoms with Gasteiger partial charge in [-0.1, -0.05) is 47.3 Å². The highest BCUT2D eigenvalue weighted by Crippen LogP contribution is 2.39. The van der Waals surface area contributed by atoms with Crippen molar-refractivity contribution in [3.8, 4) is 0 Å². The topological polar surface area (TPSA) is 26.0 Å². The average molecular weight is 286 g/mol. The lowest BCUT2D eigenvalue weighted by Crippen LogP contribution is -2.45. The standard InChI is InChI=1S/C13H17BrFN/c14-11-6-4-5-10(9-11)12(15)13(16)7-2-1-3-8-13/h4-6,9,12H,1-3,7-8,16H2. The molecule has 2 rings (SSSR count). The molecule has 1 aromatic carbocycles. The normalized spacial score (nSPS) is 21.7. The van der Waals surface area contributed by atoms with E-state index in [1.54, 1.807) is 0 Å². The molecule has 1 aliphatic carbocycles. The highest BCUT2D eigenvalue weighted by molar-refractivity contribution is 9.10. The highest BCUT2D eigenvalue weighted by atomic mass is 79.9. The number of hydrogen-bond acceptors (Lipinski definition) is 1. The highest BCUT2D eigenvalue weighted by Gasteiger charge is 2.37. The van der Waals surface area contributed by atoms with Gasteiger partial charge in [-0.25, -0.2) is 4.39 Å². The van der Waals surface area contributed by atoms with Gasteiger partial charge < -0.3 is 5.73 Å². The Bertz CT molecular complexity index is 361. The summed E-state index contributed by atoms with van der Waals surface area (Å²) in [5.41, 5.74) is 6.23. The molecule has 2 N–H and O–H groups in total. The van der Waals surface area contributed by atoms with E-state index in [4.69, 9.17) is 5.73 Å². The van der Waals surface area contributed by atoms with Crippen molar-refractivity contribution < 1.29 is 4.39 Å². The maximum absolute atomic E-state index is 14.4. The van der Waals surface area contributed by atoms with Crippen LogP contribution in [0.25, 0.3) is 0 Å². The largest absolute Gasteiger partial charge is 0.322 e. The zero-order valence-corrected chi connectivity index (χ0v) is 10.8. The SMILES string of the molecule is NC1(C(F)c2cccc(Br)c2)CCCCC1. The molecule has 0 aromatic heterocycles. The van der Waals surface area contributed by atoms with Crippen molar-refractivity contribution in [2.24, 2.45) is 5.73 Å². The molecule has 0 saturated heterocycles. The van der Waals surface area contributed by atoms with Crippen LogP contribution in [0.2, 0.25) is 0 Å². The van der Waals surface area contributed by atoms with Gasteiger partial charge >= 0.3 is 0 Å². The first kappa shape index (κ1) is 12.1. The van der Waals surface area contributed by atoms with Crippen LogP contribution in [0.1, 0.15) is 43.8 Å². The van der Waals surface area contributed by atoms with Crippen LogP contribution in [0, 0.1) is 0 Å². The fourth-order valence-electron chi connectivity index (χ4n) is 2.46. The van der Waals surface area contributed by atoms with Crippen molar-refractivity contribution in [1.82, 2.24) is 0 Å². The molecule has 1 atom stereocenters. The Morgan fingerprint density at radius 1 is 1.25 bits per heavy atom. The third kappa shape index (κ3) is 2.46. The summed E-state index contributed by atoms with van der Waals surface area (Å²) in [6.45, 7) is 0. The van der Waals surface area contributed by atoms with Gasteiger partial charge in [-0.2, -0.15) is 0 Å². The van der Waals surface area contributed by atoms with E-state index in [2.05, 4.69) is 15.9 Å². The molecular formula is C13H17BrFN. The third-order valence-electron chi connectivity index (χ3n) is 3.43. The Morgan fingerprint density at radius 2 is 1.94 bits per heavy atom. The van der Waals surface area contributed by atoms with E-state index in [1.807, 2.05) is 24.3 Å². The van der Waals surface area contributed by atoms with Crippen LogP contribution in [0.5, 0.6) is 0 Å². The molecule has 0 radical (unpaired) electrons. The van der Waals surface area contributed by atoms with Gasteiger partial charge in [0.2, 0.25) is 0 Å². The van der Waals surface area contributed by atoms with Gasteiger partial charge in [-0.05, 0) is 30.5 Å². The molecule has 3 heteroatoms. The molecule has 1 aromatic rings. The van der Waals surface area contributed by atoms with E-state index in [-0.39, 0.29) is 0 Å². The molecule has 1 unspecified atom stereocenters. The molecule has 1 nitrogen and oxygen atoms in total. The van der Waals surface area contributed by atoms with Crippen LogP contribution >= 0.6 is 15.9 Å². The van der Waals surface area contributed by atoms with Gasteiger partial charge in [0, 0.05) is 4.47 Å². The number of halogens is 2. The molecule has 1 fully saturated rings. The Balaban J connectivity index is 2.20. The molecule has 0 amide bonds. The van der Waals surface area contributed by atoms with Crippen molar-refractivity contribution in [3.05, 3.63) is 34.3 Å². The fraction of sp³-hybridized carbons (Fsp3) is 0.538. The van der Waals surface area contributed by atoms with Crippen molar-refractivity contribution in [3.63, 3.8) is 0 Å². The predicted octanol–water partition coefficient (Wildman–Crippen LogP) is 4.12. The first-order chi connectivity index (χ1) is 7.62. The fourth-order valence-corrected chi connectivity index (χ4v) is 2.88. The zero-order valence-electron chi connectivity index (χ0n) is 9.26. The van der Waals surface area contributed by atoms with Gasteiger partial charge in [0.25, 0.3) is 0 Å². The first-order valence-corrected chi connectivity index (χ1v) is 6.59. The smallest absolute Gasteiger partial charge is 0.143 e. The van der Waals surface area contributed by atoms with E-state index >= 15 is 0 Å². The number of hydrogen-bond donors (Lipinski definition) is 1. The quantitative estimate of drug-likeness (QED) is 0.869. The maximum atomic E-state index is 14.4. The van der Waals surface area contributed by atoms with Crippen LogP contribution in [-0.2, 0) is 0 Å². The molecule has 0 aliphatic heterocycles. The maximum Gasteiger partial charge on any atom is 0.143 e. The van der Waals surface area contributed by atoms with Crippen molar-refractivity contribution in [1.29, 1.82) is 0 Å². The summed E-state index contributed by atoms with van der Waals surface area (Å²) in [6.07, 6.45) is 3.81. The van der Waals surface area contributed by atoms with Gasteiger partial charge in [0.05, 0.1) is 5.54 Å². The van der Waals surface area contributed by atoms with Gasteiger partial charge in [0.15, 0.2) is 0 Å². The third-order valence-corrected chi connectivity index (χ3v) is 3.92. The number of rotatable bonds is 2. The van der Waals surface area contributed by atoms with Crippen LogP contribution in [0.15, 0.2) is 28.7 Å². The van der Waals surface area contributed by atoms with Crippen LogP contribution in [0.4, 0.5) is 4.39 Å². The summed E-state index contributed by atoms with van der Waals surface area (Å²) in [5, 5.41) is 0. The number of nitrogens with two attached hydrogens (primary N) is 1. The number of alkyl halides is 1. The molecule has 0 bridgehead atoms. The van der Waals surface area contributed by atoms with Crippen molar-refractivity contribution >= 4 is 15.9 Å². The Labute approximate surface area is 104 Å². The summed E-state index contributed by atoms with van der Waals surface area (Å²) in [7, 11) is 0. The lowest BCUT2D eigenvalue weighted by molar-refractivity contribution is 0.143. The molecule has 1 aliphatic rings. The Kier molecular flexibility index (Phi) is 3.65. The minimum Gasteiger partial charge on any atom is -0.322 e. The van der Waals surface area contributed by atoms with Crippen LogP contribution in [-0.4, -0.2) is 5.54 Å². The minimum atomic E-state index is -1.05. The second-order valence-electron chi connectivity index (χ2n) is 4.71. The predicted molar refractivity (Wildman–Crippen MR) is 68.0 cm³/mol. The number of benzene rings is 1. The Morgan fingerprint density at radius 3 is 2.56 bits per heavy atom. The second-order valence-corrected chi connectivity index (χ2v) is 5.63. The first-order valence-electron chi connectivity index (χ1n) is 5.80. The minimum absolute atomic E-state index is 0.654. The van der Waals surface area contributed by atoms with Crippen LogP contribution < -0.4 is 5.73 Å². The summed E-state index contributed by atoms with van der Waals surface area (Å²) in [6, 6.07) is 7.41. The summed E-state index contributed by atoms with van der Waals surface area (Å²) >= 11 is 3.36. The van der Waals surface area contributed by atoms with Crippen molar-refractivity contribution in [2.75, 3.05) is 0 Å². The Hall–Kier alpha value is -0.410. The second kappa shape index (κ2) is 4.84.